The first-order chi connectivity index (χ1) is 11.4. The molecule has 3 heterocycles. The van der Waals surface area contributed by atoms with Crippen LogP contribution in [0.15, 0.2) is 55.4 Å². The molecule has 0 atom stereocenters. The molecule has 4 rings (SSSR count). The fraction of sp³-hybridized carbons (Fsp3) is 0.333. The van der Waals surface area contributed by atoms with Gasteiger partial charge < -0.3 is 9.47 Å². The molecule has 1 fully saturated rings. The van der Waals surface area contributed by atoms with Gasteiger partial charge in [-0.05, 0) is 0 Å². The Morgan fingerprint density at radius 2 is 1.78 bits per heavy atom. The summed E-state index contributed by atoms with van der Waals surface area (Å²) >= 11 is 0. The fourth-order valence-electron chi connectivity index (χ4n) is 3.24. The van der Waals surface area contributed by atoms with Crippen molar-refractivity contribution in [1.29, 1.82) is 0 Å². The maximum atomic E-state index is 4.41. The van der Waals surface area contributed by atoms with Gasteiger partial charge in [0.25, 0.3) is 0 Å². The highest BCUT2D eigenvalue weighted by Gasteiger charge is 2.18. The SMILES string of the molecule is c1ccc2c(N3CCN(CCn4ccnc4)CC3)cncc2c1. The number of piperazine rings is 1. The summed E-state index contributed by atoms with van der Waals surface area (Å²) in [6.07, 6.45) is 9.70. The first kappa shape index (κ1) is 14.2. The van der Waals surface area contributed by atoms with Crippen LogP contribution in [0.4, 0.5) is 5.69 Å². The molecule has 1 aliphatic heterocycles. The Labute approximate surface area is 136 Å². The Kier molecular flexibility index (Phi) is 3.94. The van der Waals surface area contributed by atoms with Crippen LogP contribution < -0.4 is 4.90 Å². The van der Waals surface area contributed by atoms with E-state index in [0.717, 1.165) is 39.3 Å². The van der Waals surface area contributed by atoms with Crippen molar-refractivity contribution < 1.29 is 0 Å². The number of aromatic nitrogens is 3. The predicted molar refractivity (Wildman–Crippen MR) is 92.6 cm³/mol. The molecule has 1 aromatic carbocycles. The number of hydrogen-bond acceptors (Lipinski definition) is 4. The average molecular weight is 307 g/mol. The van der Waals surface area contributed by atoms with Crippen molar-refractivity contribution in [2.45, 2.75) is 6.54 Å². The van der Waals surface area contributed by atoms with Gasteiger partial charge in [0.15, 0.2) is 0 Å². The Balaban J connectivity index is 1.41. The topological polar surface area (TPSA) is 37.2 Å². The molecule has 2 aromatic heterocycles. The van der Waals surface area contributed by atoms with Gasteiger partial charge in [0, 0.05) is 68.6 Å². The lowest BCUT2D eigenvalue weighted by Gasteiger charge is -2.36. The van der Waals surface area contributed by atoms with Crippen LogP contribution in [0.3, 0.4) is 0 Å². The van der Waals surface area contributed by atoms with E-state index in [2.05, 4.69) is 48.6 Å². The molecule has 0 N–H and O–H groups in total. The third-order valence-electron chi connectivity index (χ3n) is 4.59. The maximum absolute atomic E-state index is 4.41. The molecular weight excluding hydrogens is 286 g/mol. The van der Waals surface area contributed by atoms with E-state index in [-0.39, 0.29) is 0 Å². The molecule has 1 saturated heterocycles. The molecule has 0 radical (unpaired) electrons. The number of benzene rings is 1. The molecule has 118 valence electrons. The van der Waals surface area contributed by atoms with Crippen LogP contribution in [0.2, 0.25) is 0 Å². The van der Waals surface area contributed by atoms with Crippen LogP contribution in [0, 0.1) is 0 Å². The van der Waals surface area contributed by atoms with Gasteiger partial charge in [-0.1, -0.05) is 24.3 Å². The smallest absolute Gasteiger partial charge is 0.0946 e. The summed E-state index contributed by atoms with van der Waals surface area (Å²) in [6.45, 7) is 6.39. The molecule has 0 spiro atoms. The van der Waals surface area contributed by atoms with Crippen molar-refractivity contribution >= 4 is 16.5 Å². The number of pyridine rings is 1. The summed E-state index contributed by atoms with van der Waals surface area (Å²) in [5, 5.41) is 2.52. The lowest BCUT2D eigenvalue weighted by atomic mass is 10.1. The van der Waals surface area contributed by atoms with Crippen molar-refractivity contribution in [3.8, 4) is 0 Å². The second-order valence-electron chi connectivity index (χ2n) is 6.01. The molecule has 0 aliphatic carbocycles. The van der Waals surface area contributed by atoms with E-state index in [1.54, 1.807) is 0 Å². The van der Waals surface area contributed by atoms with Crippen molar-refractivity contribution in [3.63, 3.8) is 0 Å². The van der Waals surface area contributed by atoms with E-state index in [1.165, 1.54) is 16.5 Å². The quantitative estimate of drug-likeness (QED) is 0.741. The summed E-state index contributed by atoms with van der Waals surface area (Å²) in [7, 11) is 0. The zero-order chi connectivity index (χ0) is 15.5. The van der Waals surface area contributed by atoms with Crippen molar-refractivity contribution in [2.75, 3.05) is 37.6 Å². The van der Waals surface area contributed by atoms with Gasteiger partial charge in [-0.15, -0.1) is 0 Å². The normalized spacial score (nSPS) is 16.1. The minimum atomic E-state index is 1.01. The van der Waals surface area contributed by atoms with E-state index in [9.17, 15) is 0 Å². The van der Waals surface area contributed by atoms with E-state index < -0.39 is 0 Å². The molecule has 5 nitrogen and oxygen atoms in total. The van der Waals surface area contributed by atoms with E-state index >= 15 is 0 Å². The average Bonchev–Trinajstić information content (AvgIpc) is 3.14. The van der Waals surface area contributed by atoms with E-state index in [1.807, 2.05) is 31.1 Å². The van der Waals surface area contributed by atoms with E-state index in [4.69, 9.17) is 0 Å². The third-order valence-corrected chi connectivity index (χ3v) is 4.59. The fourth-order valence-corrected chi connectivity index (χ4v) is 3.24. The van der Waals surface area contributed by atoms with Crippen LogP contribution in [-0.2, 0) is 6.54 Å². The monoisotopic (exact) mass is 307 g/mol. The largest absolute Gasteiger partial charge is 0.367 e. The zero-order valence-corrected chi connectivity index (χ0v) is 13.2. The molecule has 3 aromatic rings. The summed E-state index contributed by atoms with van der Waals surface area (Å²) in [5.41, 5.74) is 1.26. The Hall–Kier alpha value is -2.40. The molecular formula is C18H21N5. The number of fused-ring (bicyclic) bond motifs is 1. The van der Waals surface area contributed by atoms with Crippen LogP contribution in [-0.4, -0.2) is 52.2 Å². The second-order valence-corrected chi connectivity index (χ2v) is 6.01. The van der Waals surface area contributed by atoms with Gasteiger partial charge in [0.1, 0.15) is 0 Å². The van der Waals surface area contributed by atoms with Gasteiger partial charge in [0.2, 0.25) is 0 Å². The van der Waals surface area contributed by atoms with Crippen molar-refractivity contribution in [1.82, 2.24) is 19.4 Å². The minimum Gasteiger partial charge on any atom is -0.367 e. The highest BCUT2D eigenvalue weighted by atomic mass is 15.3. The Bertz CT molecular complexity index is 755. The zero-order valence-electron chi connectivity index (χ0n) is 13.2. The van der Waals surface area contributed by atoms with Crippen LogP contribution in [0.1, 0.15) is 0 Å². The first-order valence-corrected chi connectivity index (χ1v) is 8.16. The number of rotatable bonds is 4. The van der Waals surface area contributed by atoms with Crippen LogP contribution in [0.5, 0.6) is 0 Å². The highest BCUT2D eigenvalue weighted by Crippen LogP contribution is 2.26. The molecule has 23 heavy (non-hydrogen) atoms. The number of nitrogens with zero attached hydrogens (tertiary/aromatic N) is 5. The molecule has 1 aliphatic rings. The molecule has 0 amide bonds. The van der Waals surface area contributed by atoms with Gasteiger partial charge in [0.05, 0.1) is 18.2 Å². The Morgan fingerprint density at radius 1 is 0.913 bits per heavy atom. The van der Waals surface area contributed by atoms with Gasteiger partial charge >= 0.3 is 0 Å². The molecule has 0 saturated carbocycles. The number of hydrogen-bond donors (Lipinski definition) is 0. The van der Waals surface area contributed by atoms with Gasteiger partial charge in [-0.25, -0.2) is 4.98 Å². The summed E-state index contributed by atoms with van der Waals surface area (Å²) in [6, 6.07) is 8.50. The Morgan fingerprint density at radius 3 is 2.61 bits per heavy atom. The van der Waals surface area contributed by atoms with Crippen molar-refractivity contribution in [2.24, 2.45) is 0 Å². The summed E-state index contributed by atoms with van der Waals surface area (Å²) in [4.78, 5) is 13.5. The number of imidazole rings is 1. The molecule has 0 unspecified atom stereocenters. The van der Waals surface area contributed by atoms with Crippen LogP contribution in [0.25, 0.3) is 10.8 Å². The number of anilines is 1. The lowest BCUT2D eigenvalue weighted by Crippen LogP contribution is -2.47. The van der Waals surface area contributed by atoms with Crippen molar-refractivity contribution in [3.05, 3.63) is 55.4 Å². The summed E-state index contributed by atoms with van der Waals surface area (Å²) in [5.74, 6) is 0. The molecule has 0 bridgehead atoms. The lowest BCUT2D eigenvalue weighted by molar-refractivity contribution is 0.248. The van der Waals surface area contributed by atoms with Crippen LogP contribution >= 0.6 is 0 Å². The second kappa shape index (κ2) is 6.38. The van der Waals surface area contributed by atoms with Gasteiger partial charge in [-0.3, -0.25) is 9.88 Å². The third kappa shape index (κ3) is 3.05. The van der Waals surface area contributed by atoms with Gasteiger partial charge in [-0.2, -0.15) is 0 Å². The summed E-state index contributed by atoms with van der Waals surface area (Å²) < 4.78 is 2.14. The van der Waals surface area contributed by atoms with E-state index in [0.29, 0.717) is 0 Å². The molecule has 5 heteroatoms. The standard InChI is InChI=1S/C18H21N5/c1-2-4-17-16(3-1)13-20-14-18(17)23-11-9-21(10-12-23)7-8-22-6-5-19-15-22/h1-6,13-15H,7-12H2. The first-order valence-electron chi connectivity index (χ1n) is 8.16. The predicted octanol–water partition coefficient (Wildman–Crippen LogP) is 2.25. The highest BCUT2D eigenvalue weighted by molar-refractivity contribution is 5.93. The maximum Gasteiger partial charge on any atom is 0.0946 e. The minimum absolute atomic E-state index is 1.01.